The van der Waals surface area contributed by atoms with Gasteiger partial charge in [-0.25, -0.2) is 4.79 Å². The molecule has 0 spiro atoms. The second-order valence-corrected chi connectivity index (χ2v) is 2.66. The molecule has 74 valence electrons. The van der Waals surface area contributed by atoms with Crippen LogP contribution in [0.25, 0.3) is 6.08 Å². The predicted octanol–water partition coefficient (Wildman–Crippen LogP) is 1.79. The number of hydrogen-bond acceptors (Lipinski definition) is 3. The van der Waals surface area contributed by atoms with Gasteiger partial charge in [-0.3, -0.25) is 4.79 Å². The molecule has 1 rings (SSSR count). The Morgan fingerprint density at radius 3 is 2.33 bits per heavy atom. The zero-order valence-corrected chi connectivity index (χ0v) is 11.4. The Kier molecular flexibility index (Phi) is 6.47. The first kappa shape index (κ1) is 13.7. The quantitative estimate of drug-likeness (QED) is 0.350. The SMILES string of the molecule is CC(=O)OC(=O)/C=C/c1ccccc1.[Zn]. The van der Waals surface area contributed by atoms with Crippen molar-refractivity contribution in [3.8, 4) is 0 Å². The fourth-order valence-corrected chi connectivity index (χ4v) is 0.904. The van der Waals surface area contributed by atoms with Crippen LogP contribution in [0.4, 0.5) is 0 Å². The van der Waals surface area contributed by atoms with Crippen LogP contribution in [-0.4, -0.2) is 11.9 Å². The van der Waals surface area contributed by atoms with Crippen molar-refractivity contribution in [2.75, 3.05) is 0 Å². The number of rotatable bonds is 2. The van der Waals surface area contributed by atoms with Crippen molar-refractivity contribution < 1.29 is 33.8 Å². The van der Waals surface area contributed by atoms with Gasteiger partial charge in [0.25, 0.3) is 0 Å². The molecule has 0 aliphatic rings. The normalized spacial score (nSPS) is 9.40. The molecule has 0 aliphatic carbocycles. The molecular weight excluding hydrogens is 246 g/mol. The van der Waals surface area contributed by atoms with E-state index < -0.39 is 11.9 Å². The third-order valence-electron chi connectivity index (χ3n) is 1.46. The molecule has 0 aliphatic heterocycles. The van der Waals surface area contributed by atoms with Gasteiger partial charge in [0.05, 0.1) is 0 Å². The first-order valence-electron chi connectivity index (χ1n) is 4.14. The topological polar surface area (TPSA) is 43.4 Å². The van der Waals surface area contributed by atoms with Crippen LogP contribution in [0.3, 0.4) is 0 Å². The number of carbonyl (C=O) groups is 2. The summed E-state index contributed by atoms with van der Waals surface area (Å²) < 4.78 is 4.31. The Hall–Kier alpha value is -1.28. The van der Waals surface area contributed by atoms with Crippen LogP contribution >= 0.6 is 0 Å². The van der Waals surface area contributed by atoms with Crippen LogP contribution in [0.15, 0.2) is 36.4 Å². The summed E-state index contributed by atoms with van der Waals surface area (Å²) in [6.45, 7) is 1.19. The van der Waals surface area contributed by atoms with Gasteiger partial charge < -0.3 is 4.74 Å². The zero-order chi connectivity index (χ0) is 10.4. The Labute approximate surface area is 101 Å². The van der Waals surface area contributed by atoms with Gasteiger partial charge in [0.2, 0.25) is 0 Å². The number of ether oxygens (including phenoxy) is 1. The molecule has 0 fully saturated rings. The van der Waals surface area contributed by atoms with E-state index in [0.29, 0.717) is 0 Å². The number of esters is 2. The van der Waals surface area contributed by atoms with E-state index in [4.69, 9.17) is 0 Å². The van der Waals surface area contributed by atoms with Crippen molar-refractivity contribution in [3.05, 3.63) is 42.0 Å². The number of carbonyl (C=O) groups excluding carboxylic acids is 2. The summed E-state index contributed by atoms with van der Waals surface area (Å²) in [5.41, 5.74) is 0.882. The molecule has 0 saturated heterocycles. The van der Waals surface area contributed by atoms with Crippen molar-refractivity contribution in [1.29, 1.82) is 0 Å². The maximum absolute atomic E-state index is 10.9. The van der Waals surface area contributed by atoms with E-state index in [-0.39, 0.29) is 19.5 Å². The van der Waals surface area contributed by atoms with Crippen LogP contribution < -0.4 is 0 Å². The molecule has 0 saturated carbocycles. The van der Waals surface area contributed by atoms with E-state index in [2.05, 4.69) is 4.74 Å². The van der Waals surface area contributed by atoms with Crippen molar-refractivity contribution in [2.24, 2.45) is 0 Å². The van der Waals surface area contributed by atoms with Crippen LogP contribution in [0.2, 0.25) is 0 Å². The van der Waals surface area contributed by atoms with Crippen LogP contribution in [0, 0.1) is 0 Å². The van der Waals surface area contributed by atoms with Crippen LogP contribution in [-0.2, 0) is 33.8 Å². The van der Waals surface area contributed by atoms with Crippen LogP contribution in [0.5, 0.6) is 0 Å². The Bertz CT molecular complexity index is 357. The maximum Gasteiger partial charge on any atom is 0.338 e. The van der Waals surface area contributed by atoms with Gasteiger partial charge >= 0.3 is 11.9 Å². The van der Waals surface area contributed by atoms with Crippen molar-refractivity contribution >= 4 is 18.0 Å². The van der Waals surface area contributed by atoms with E-state index in [9.17, 15) is 9.59 Å². The molecule has 4 heteroatoms. The molecule has 0 aromatic heterocycles. The number of benzene rings is 1. The first-order chi connectivity index (χ1) is 6.68. The van der Waals surface area contributed by atoms with Gasteiger partial charge in [0.15, 0.2) is 0 Å². The monoisotopic (exact) mass is 254 g/mol. The smallest absolute Gasteiger partial charge is 0.338 e. The minimum absolute atomic E-state index is 0. The van der Waals surface area contributed by atoms with Crippen LogP contribution in [0.1, 0.15) is 12.5 Å². The third-order valence-corrected chi connectivity index (χ3v) is 1.46. The summed E-state index contributed by atoms with van der Waals surface area (Å²) in [4.78, 5) is 21.3. The van der Waals surface area contributed by atoms with E-state index in [0.717, 1.165) is 5.56 Å². The fourth-order valence-electron chi connectivity index (χ4n) is 0.904. The van der Waals surface area contributed by atoms with Crippen molar-refractivity contribution in [1.82, 2.24) is 0 Å². The second-order valence-electron chi connectivity index (χ2n) is 2.66. The van der Waals surface area contributed by atoms with E-state index >= 15 is 0 Å². The molecule has 0 bridgehead atoms. The van der Waals surface area contributed by atoms with E-state index in [1.165, 1.54) is 13.0 Å². The Morgan fingerprint density at radius 1 is 1.20 bits per heavy atom. The van der Waals surface area contributed by atoms with Gasteiger partial charge in [-0.15, -0.1) is 0 Å². The molecule has 1 aromatic rings. The molecule has 0 heterocycles. The maximum atomic E-state index is 10.9. The summed E-state index contributed by atoms with van der Waals surface area (Å²) in [6.07, 6.45) is 2.81. The summed E-state index contributed by atoms with van der Waals surface area (Å²) in [5, 5.41) is 0. The summed E-state index contributed by atoms with van der Waals surface area (Å²) in [6, 6.07) is 9.28. The molecule has 0 radical (unpaired) electrons. The predicted molar refractivity (Wildman–Crippen MR) is 52.2 cm³/mol. The average Bonchev–Trinajstić information content (AvgIpc) is 2.15. The van der Waals surface area contributed by atoms with E-state index in [1.54, 1.807) is 6.08 Å². The molecule has 3 nitrogen and oxygen atoms in total. The Balaban J connectivity index is 0.00000196. The average molecular weight is 256 g/mol. The minimum atomic E-state index is -0.652. The summed E-state index contributed by atoms with van der Waals surface area (Å²) in [5.74, 6) is -1.26. The largest absolute Gasteiger partial charge is 0.390 e. The minimum Gasteiger partial charge on any atom is -0.390 e. The Morgan fingerprint density at radius 2 is 1.80 bits per heavy atom. The molecule has 0 atom stereocenters. The standard InChI is InChI=1S/C11H10O3.Zn/c1-9(12)14-11(13)8-7-10-5-3-2-4-6-10;/h2-8H,1H3;/b8-7+;. The molecule has 1 aromatic carbocycles. The molecule has 0 amide bonds. The molecular formula is C11H10O3Zn. The van der Waals surface area contributed by atoms with E-state index in [1.807, 2.05) is 30.3 Å². The van der Waals surface area contributed by atoms with Crippen molar-refractivity contribution in [2.45, 2.75) is 6.92 Å². The van der Waals surface area contributed by atoms with Gasteiger partial charge in [-0.1, -0.05) is 30.3 Å². The summed E-state index contributed by atoms with van der Waals surface area (Å²) in [7, 11) is 0. The van der Waals surface area contributed by atoms with Gasteiger partial charge in [-0.05, 0) is 11.6 Å². The molecule has 0 N–H and O–H groups in total. The fraction of sp³-hybridized carbons (Fsp3) is 0.0909. The molecule has 0 unspecified atom stereocenters. The van der Waals surface area contributed by atoms with Gasteiger partial charge in [0, 0.05) is 32.5 Å². The second kappa shape index (κ2) is 7.07. The van der Waals surface area contributed by atoms with Gasteiger partial charge in [0.1, 0.15) is 0 Å². The first-order valence-corrected chi connectivity index (χ1v) is 4.14. The molecule has 15 heavy (non-hydrogen) atoms. The van der Waals surface area contributed by atoms with Crippen molar-refractivity contribution in [3.63, 3.8) is 0 Å². The number of hydrogen-bond donors (Lipinski definition) is 0. The summed E-state index contributed by atoms with van der Waals surface area (Å²) >= 11 is 0. The third kappa shape index (κ3) is 5.92. The zero-order valence-electron chi connectivity index (χ0n) is 8.47. The van der Waals surface area contributed by atoms with Gasteiger partial charge in [-0.2, -0.15) is 0 Å².